The Bertz CT molecular complexity index is 1480. The molecule has 7 nitrogen and oxygen atoms in total. The van der Waals surface area contributed by atoms with Gasteiger partial charge in [0, 0.05) is 12.6 Å². The van der Waals surface area contributed by atoms with E-state index in [1.54, 1.807) is 61.5 Å². The molecule has 3 aromatic rings. The van der Waals surface area contributed by atoms with E-state index in [-0.39, 0.29) is 23.4 Å². The number of benzene rings is 3. The van der Waals surface area contributed by atoms with Gasteiger partial charge in [-0.15, -0.1) is 0 Å². The summed E-state index contributed by atoms with van der Waals surface area (Å²) in [4.78, 5) is 29.0. The average Bonchev–Trinajstić information content (AvgIpc) is 2.94. The van der Waals surface area contributed by atoms with Crippen molar-refractivity contribution in [3.63, 3.8) is 0 Å². The third kappa shape index (κ3) is 8.03. The minimum Gasteiger partial charge on any atom is -0.352 e. The summed E-state index contributed by atoms with van der Waals surface area (Å²) in [5.74, 6) is -0.833. The Kier molecular flexibility index (Phi) is 11.2. The first-order chi connectivity index (χ1) is 19.4. The standard InChI is InChI=1S/C31H37Cl2N3O4S/c1-6-23(5)34-31(38)28(7-2)35(19-24-14-17-26(32)27(33)18-24)30(37)20-36(29-11-9-8-10-22(29)4)41(39,40)25-15-12-21(3)13-16-25/h8-18,23,28H,6-7,19-20H2,1-5H3,(H,34,38). The molecule has 0 saturated carbocycles. The largest absolute Gasteiger partial charge is 0.352 e. The number of halogens is 2. The van der Waals surface area contributed by atoms with Crippen LogP contribution in [0.3, 0.4) is 0 Å². The Morgan fingerprint density at radius 2 is 1.56 bits per heavy atom. The highest BCUT2D eigenvalue weighted by Gasteiger charge is 2.34. The van der Waals surface area contributed by atoms with Gasteiger partial charge < -0.3 is 10.2 Å². The van der Waals surface area contributed by atoms with Crippen molar-refractivity contribution in [1.29, 1.82) is 0 Å². The lowest BCUT2D eigenvalue weighted by atomic mass is 10.1. The van der Waals surface area contributed by atoms with Gasteiger partial charge in [-0.1, -0.05) is 79.0 Å². The Hall–Kier alpha value is -3.07. The molecular weight excluding hydrogens is 581 g/mol. The number of nitrogens with zero attached hydrogens (tertiary/aromatic N) is 2. The van der Waals surface area contributed by atoms with Crippen molar-refractivity contribution in [1.82, 2.24) is 10.2 Å². The molecule has 0 bridgehead atoms. The predicted molar refractivity (Wildman–Crippen MR) is 166 cm³/mol. The van der Waals surface area contributed by atoms with Gasteiger partial charge in [-0.2, -0.15) is 0 Å². The molecule has 2 atom stereocenters. The van der Waals surface area contributed by atoms with Gasteiger partial charge in [0.2, 0.25) is 11.8 Å². The van der Waals surface area contributed by atoms with Crippen LogP contribution in [-0.2, 0) is 26.2 Å². The molecule has 0 fully saturated rings. The Labute approximate surface area is 253 Å². The van der Waals surface area contributed by atoms with Crippen LogP contribution < -0.4 is 9.62 Å². The zero-order valence-electron chi connectivity index (χ0n) is 24.0. The summed E-state index contributed by atoms with van der Waals surface area (Å²) in [6, 6.07) is 17.6. The lowest BCUT2D eigenvalue weighted by molar-refractivity contribution is -0.140. The molecule has 0 aliphatic rings. The van der Waals surface area contributed by atoms with Crippen LogP contribution in [0.4, 0.5) is 5.69 Å². The lowest BCUT2D eigenvalue weighted by Crippen LogP contribution is -2.53. The van der Waals surface area contributed by atoms with Gasteiger partial charge in [-0.25, -0.2) is 8.42 Å². The molecular formula is C31H37Cl2N3O4S. The van der Waals surface area contributed by atoms with Crippen molar-refractivity contribution in [2.45, 2.75) is 71.0 Å². The minimum atomic E-state index is -4.14. The number of para-hydroxylation sites is 1. The minimum absolute atomic E-state index is 0.0361. The second-order valence-electron chi connectivity index (χ2n) is 10.1. The molecule has 0 aliphatic carbocycles. The molecule has 1 N–H and O–H groups in total. The maximum absolute atomic E-state index is 14.2. The third-order valence-electron chi connectivity index (χ3n) is 7.00. The first-order valence-corrected chi connectivity index (χ1v) is 15.8. The fourth-order valence-corrected chi connectivity index (χ4v) is 6.19. The average molecular weight is 619 g/mol. The second kappa shape index (κ2) is 14.2. The first-order valence-electron chi connectivity index (χ1n) is 13.6. The Morgan fingerprint density at radius 1 is 0.902 bits per heavy atom. The van der Waals surface area contributed by atoms with Gasteiger partial charge in [0.15, 0.2) is 0 Å². The summed E-state index contributed by atoms with van der Waals surface area (Å²) in [6.45, 7) is 8.86. The summed E-state index contributed by atoms with van der Waals surface area (Å²) in [7, 11) is -4.14. The molecule has 220 valence electrons. The van der Waals surface area contributed by atoms with Gasteiger partial charge >= 0.3 is 0 Å². The van der Waals surface area contributed by atoms with Gasteiger partial charge in [0.25, 0.3) is 10.0 Å². The number of anilines is 1. The summed E-state index contributed by atoms with van der Waals surface area (Å²) < 4.78 is 29.1. The molecule has 2 amide bonds. The van der Waals surface area contributed by atoms with Crippen LogP contribution in [-0.4, -0.2) is 43.8 Å². The predicted octanol–water partition coefficient (Wildman–Crippen LogP) is 6.53. The van der Waals surface area contributed by atoms with Gasteiger partial charge in [-0.3, -0.25) is 13.9 Å². The number of aryl methyl sites for hydroxylation is 2. The number of hydrogen-bond donors (Lipinski definition) is 1. The zero-order valence-corrected chi connectivity index (χ0v) is 26.4. The Morgan fingerprint density at radius 3 is 2.15 bits per heavy atom. The fourth-order valence-electron chi connectivity index (χ4n) is 4.39. The molecule has 3 rings (SSSR count). The number of amides is 2. The monoisotopic (exact) mass is 617 g/mol. The van der Waals surface area contributed by atoms with Crippen LogP contribution in [0.15, 0.2) is 71.6 Å². The van der Waals surface area contributed by atoms with E-state index < -0.39 is 28.5 Å². The molecule has 0 heterocycles. The summed E-state index contributed by atoms with van der Waals surface area (Å²) in [6.07, 6.45) is 1.04. The van der Waals surface area contributed by atoms with E-state index in [9.17, 15) is 18.0 Å². The van der Waals surface area contributed by atoms with E-state index in [1.165, 1.54) is 17.0 Å². The number of rotatable bonds is 12. The SMILES string of the molecule is CCC(C)NC(=O)C(CC)N(Cc1ccc(Cl)c(Cl)c1)C(=O)CN(c1ccccc1C)S(=O)(=O)c1ccc(C)cc1. The summed E-state index contributed by atoms with van der Waals surface area (Å²) in [5.41, 5.74) is 2.64. The summed E-state index contributed by atoms with van der Waals surface area (Å²) >= 11 is 12.4. The van der Waals surface area contributed by atoms with E-state index in [4.69, 9.17) is 23.2 Å². The quantitative estimate of drug-likeness (QED) is 0.250. The van der Waals surface area contributed by atoms with Crippen molar-refractivity contribution in [2.24, 2.45) is 0 Å². The van der Waals surface area contributed by atoms with E-state index in [1.807, 2.05) is 27.7 Å². The van der Waals surface area contributed by atoms with Crippen molar-refractivity contribution >= 4 is 50.7 Å². The smallest absolute Gasteiger partial charge is 0.264 e. The maximum atomic E-state index is 14.2. The molecule has 0 aliphatic heterocycles. The molecule has 0 spiro atoms. The van der Waals surface area contributed by atoms with Crippen LogP contribution >= 0.6 is 23.2 Å². The molecule has 3 aromatic carbocycles. The van der Waals surface area contributed by atoms with E-state index in [0.29, 0.717) is 33.3 Å². The number of hydrogen-bond acceptors (Lipinski definition) is 4. The number of sulfonamides is 1. The third-order valence-corrected chi connectivity index (χ3v) is 9.51. The highest BCUT2D eigenvalue weighted by atomic mass is 35.5. The Balaban J connectivity index is 2.09. The fraction of sp³-hybridized carbons (Fsp3) is 0.355. The van der Waals surface area contributed by atoms with Crippen molar-refractivity contribution in [2.75, 3.05) is 10.8 Å². The molecule has 0 aromatic heterocycles. The van der Waals surface area contributed by atoms with Gasteiger partial charge in [0.05, 0.1) is 20.6 Å². The van der Waals surface area contributed by atoms with Crippen molar-refractivity contribution in [3.05, 3.63) is 93.5 Å². The number of carbonyl (C=O) groups is 2. The topological polar surface area (TPSA) is 86.8 Å². The zero-order chi connectivity index (χ0) is 30.3. The molecule has 2 unspecified atom stereocenters. The second-order valence-corrected chi connectivity index (χ2v) is 12.8. The number of nitrogens with one attached hydrogen (secondary N) is 1. The van der Waals surface area contributed by atoms with E-state index >= 15 is 0 Å². The van der Waals surface area contributed by atoms with Crippen LogP contribution in [0.5, 0.6) is 0 Å². The summed E-state index contributed by atoms with van der Waals surface area (Å²) in [5, 5.41) is 3.65. The van der Waals surface area contributed by atoms with Gasteiger partial charge in [-0.05, 0) is 75.1 Å². The maximum Gasteiger partial charge on any atom is 0.264 e. The molecule has 0 saturated heterocycles. The van der Waals surface area contributed by atoms with Crippen LogP contribution in [0.2, 0.25) is 10.0 Å². The van der Waals surface area contributed by atoms with Gasteiger partial charge in [0.1, 0.15) is 12.6 Å². The van der Waals surface area contributed by atoms with Crippen LogP contribution in [0.25, 0.3) is 0 Å². The van der Waals surface area contributed by atoms with Crippen molar-refractivity contribution in [3.8, 4) is 0 Å². The van der Waals surface area contributed by atoms with Crippen molar-refractivity contribution < 1.29 is 18.0 Å². The molecule has 10 heteroatoms. The molecule has 0 radical (unpaired) electrons. The van der Waals surface area contributed by atoms with E-state index in [0.717, 1.165) is 16.3 Å². The normalized spacial score (nSPS) is 12.9. The highest BCUT2D eigenvalue weighted by molar-refractivity contribution is 7.92. The lowest BCUT2D eigenvalue weighted by Gasteiger charge is -2.34. The molecule has 41 heavy (non-hydrogen) atoms. The number of carbonyl (C=O) groups excluding carboxylic acids is 2. The van der Waals surface area contributed by atoms with Crippen LogP contribution in [0, 0.1) is 13.8 Å². The highest BCUT2D eigenvalue weighted by Crippen LogP contribution is 2.28. The van der Waals surface area contributed by atoms with Crippen LogP contribution in [0.1, 0.15) is 50.3 Å². The van der Waals surface area contributed by atoms with E-state index in [2.05, 4.69) is 5.32 Å². The first kappa shape index (κ1) is 32.4.